The highest BCUT2D eigenvalue weighted by Gasteiger charge is 2.41. The number of carbonyl (C=O) groups excluding carboxylic acids is 2. The Labute approximate surface area is 135 Å². The quantitative estimate of drug-likeness (QED) is 0.638. The molecule has 0 bridgehead atoms. The van der Waals surface area contributed by atoms with Crippen molar-refractivity contribution in [3.05, 3.63) is 41.1 Å². The van der Waals surface area contributed by atoms with E-state index in [0.29, 0.717) is 6.54 Å². The van der Waals surface area contributed by atoms with Crippen LogP contribution in [0.25, 0.3) is 0 Å². The van der Waals surface area contributed by atoms with Crippen molar-refractivity contribution < 1.29 is 9.59 Å². The smallest absolute Gasteiger partial charge is 0.225 e. The Bertz CT molecular complexity index is 565. The van der Waals surface area contributed by atoms with Crippen LogP contribution in [-0.2, 0) is 16.1 Å². The molecule has 1 N–H and O–H groups in total. The summed E-state index contributed by atoms with van der Waals surface area (Å²) in [4.78, 5) is 24.3. The van der Waals surface area contributed by atoms with Crippen LogP contribution in [0.5, 0.6) is 0 Å². The summed E-state index contributed by atoms with van der Waals surface area (Å²) >= 11 is 0. The van der Waals surface area contributed by atoms with Crippen LogP contribution in [0.15, 0.2) is 35.5 Å². The maximum Gasteiger partial charge on any atom is 0.225 e. The Morgan fingerprint density at radius 3 is 2.05 bits per heavy atom. The van der Waals surface area contributed by atoms with Crippen LogP contribution in [0.2, 0.25) is 44.8 Å². The highest BCUT2D eigenvalue weighted by molar-refractivity contribution is 6.90. The fraction of sp³-hybridized carbons (Fsp3) is 0.471. The van der Waals surface area contributed by atoms with Gasteiger partial charge >= 0.3 is 0 Å². The molecule has 0 saturated carbocycles. The van der Waals surface area contributed by atoms with Gasteiger partial charge in [0.1, 0.15) is 5.94 Å². The summed E-state index contributed by atoms with van der Waals surface area (Å²) in [5, 5.41) is 3.73. The van der Waals surface area contributed by atoms with E-state index < -0.39 is 16.1 Å². The molecule has 22 heavy (non-hydrogen) atoms. The van der Waals surface area contributed by atoms with Gasteiger partial charge in [-0.1, -0.05) is 69.6 Å². The molecule has 5 heteroatoms. The lowest BCUT2D eigenvalue weighted by Crippen LogP contribution is -2.46. The van der Waals surface area contributed by atoms with Gasteiger partial charge in [-0.05, 0) is 5.56 Å². The van der Waals surface area contributed by atoms with E-state index in [4.69, 9.17) is 0 Å². The number of hydrogen-bond acceptors (Lipinski definition) is 2. The Morgan fingerprint density at radius 1 is 1.09 bits per heavy atom. The first-order valence-electron chi connectivity index (χ1n) is 7.64. The summed E-state index contributed by atoms with van der Waals surface area (Å²) in [6.07, 6.45) is 0. The first-order chi connectivity index (χ1) is 10.1. The van der Waals surface area contributed by atoms with E-state index in [1.165, 1.54) is 0 Å². The zero-order chi connectivity index (χ0) is 17.0. The molecule has 0 fully saturated rings. The molecule has 1 amide bonds. The van der Waals surface area contributed by atoms with Crippen molar-refractivity contribution in [1.82, 2.24) is 5.32 Å². The molecule has 0 aromatic heterocycles. The second-order valence-electron chi connectivity index (χ2n) is 7.77. The van der Waals surface area contributed by atoms with Gasteiger partial charge in [0.15, 0.2) is 0 Å². The van der Waals surface area contributed by atoms with Gasteiger partial charge in [0.25, 0.3) is 0 Å². The third-order valence-corrected chi connectivity index (χ3v) is 8.22. The monoisotopic (exact) mass is 333 g/mol. The zero-order valence-electron chi connectivity index (χ0n) is 14.5. The van der Waals surface area contributed by atoms with Crippen LogP contribution in [-0.4, -0.2) is 28.0 Å². The van der Waals surface area contributed by atoms with Crippen LogP contribution in [0.3, 0.4) is 0 Å². The number of rotatable bonds is 6. The molecule has 0 aliphatic heterocycles. The molecule has 1 atom stereocenters. The van der Waals surface area contributed by atoms with E-state index in [-0.39, 0.29) is 11.4 Å². The second kappa shape index (κ2) is 7.22. The summed E-state index contributed by atoms with van der Waals surface area (Å²) in [6, 6.07) is 9.83. The second-order valence-corrected chi connectivity index (χ2v) is 18.1. The van der Waals surface area contributed by atoms with Gasteiger partial charge in [-0.15, -0.1) is 0 Å². The van der Waals surface area contributed by atoms with Crippen molar-refractivity contribution in [2.24, 2.45) is 0 Å². The van der Waals surface area contributed by atoms with Crippen molar-refractivity contribution in [2.45, 2.75) is 51.4 Å². The van der Waals surface area contributed by atoms with Gasteiger partial charge in [-0.25, -0.2) is 4.79 Å². The summed E-state index contributed by atoms with van der Waals surface area (Å²) in [7, 11) is -3.72. The third kappa shape index (κ3) is 5.09. The Hall–Kier alpha value is -1.43. The number of hydrogen-bond donors (Lipinski definition) is 1. The topological polar surface area (TPSA) is 46.2 Å². The van der Waals surface area contributed by atoms with Gasteiger partial charge in [0, 0.05) is 11.7 Å². The molecule has 0 heterocycles. The average Bonchev–Trinajstić information content (AvgIpc) is 2.40. The SMILES string of the molecule is C[Si](C)(C)C(=C=O)C(C(=O)NCc1ccccc1)[Si](C)(C)C. The summed E-state index contributed by atoms with van der Waals surface area (Å²) in [5.41, 5.74) is 0.773. The number of amides is 1. The molecular formula is C17H27NO2Si2. The molecule has 1 rings (SSSR count). The first kappa shape index (κ1) is 18.6. The van der Waals surface area contributed by atoms with Gasteiger partial charge in [0.05, 0.1) is 21.7 Å². The predicted molar refractivity (Wildman–Crippen MR) is 97.9 cm³/mol. The average molecular weight is 334 g/mol. The minimum absolute atomic E-state index is 0.0243. The molecule has 1 aromatic carbocycles. The molecular weight excluding hydrogens is 306 g/mol. The van der Waals surface area contributed by atoms with E-state index in [9.17, 15) is 9.59 Å². The lowest BCUT2D eigenvalue weighted by molar-refractivity contribution is -0.120. The molecule has 0 radical (unpaired) electrons. The van der Waals surface area contributed by atoms with Gasteiger partial charge in [-0.3, -0.25) is 4.79 Å². The first-order valence-corrected chi connectivity index (χ1v) is 14.7. The van der Waals surface area contributed by atoms with Gasteiger partial charge in [0.2, 0.25) is 5.91 Å². The number of carbonyl (C=O) groups is 1. The highest BCUT2D eigenvalue weighted by atomic mass is 28.3. The zero-order valence-corrected chi connectivity index (χ0v) is 16.5. The Balaban J connectivity index is 2.98. The summed E-state index contributed by atoms with van der Waals surface area (Å²) < 4.78 is 0. The lowest BCUT2D eigenvalue weighted by atomic mass is 10.2. The van der Waals surface area contributed by atoms with E-state index in [0.717, 1.165) is 10.8 Å². The fourth-order valence-corrected chi connectivity index (χ4v) is 8.20. The lowest BCUT2D eigenvalue weighted by Gasteiger charge is -2.33. The van der Waals surface area contributed by atoms with Gasteiger partial charge < -0.3 is 5.32 Å². The van der Waals surface area contributed by atoms with Crippen LogP contribution in [0.4, 0.5) is 0 Å². The molecule has 120 valence electrons. The molecule has 1 aromatic rings. The maximum absolute atomic E-state index is 12.8. The molecule has 0 aliphatic rings. The largest absolute Gasteiger partial charge is 0.352 e. The van der Waals surface area contributed by atoms with Crippen molar-refractivity contribution in [3.63, 3.8) is 0 Å². The Kier molecular flexibility index (Phi) is 6.11. The standard InChI is InChI=1S/C17H27NO2Si2/c1-21(2,3)15(13-19)16(22(4,5)6)17(20)18-12-14-10-8-7-9-11-14/h7-11,16H,12H2,1-6H3,(H,18,20). The van der Waals surface area contributed by atoms with Crippen LogP contribution < -0.4 is 5.32 Å². The number of benzene rings is 1. The minimum atomic E-state index is -1.86. The van der Waals surface area contributed by atoms with Crippen molar-refractivity contribution in [3.8, 4) is 0 Å². The Morgan fingerprint density at radius 2 is 1.64 bits per heavy atom. The molecule has 3 nitrogen and oxygen atoms in total. The van der Waals surface area contributed by atoms with Crippen molar-refractivity contribution >= 4 is 28.0 Å². The van der Waals surface area contributed by atoms with E-state index in [1.807, 2.05) is 30.3 Å². The van der Waals surface area contributed by atoms with E-state index >= 15 is 0 Å². The predicted octanol–water partition coefficient (Wildman–Crippen LogP) is 3.65. The minimum Gasteiger partial charge on any atom is -0.352 e. The van der Waals surface area contributed by atoms with Crippen LogP contribution >= 0.6 is 0 Å². The van der Waals surface area contributed by atoms with Crippen LogP contribution in [0, 0.1) is 0 Å². The van der Waals surface area contributed by atoms with E-state index in [2.05, 4.69) is 50.5 Å². The molecule has 1 unspecified atom stereocenters. The molecule has 0 saturated heterocycles. The van der Waals surface area contributed by atoms with Gasteiger partial charge in [-0.2, -0.15) is 0 Å². The van der Waals surface area contributed by atoms with Crippen molar-refractivity contribution in [2.75, 3.05) is 0 Å². The summed E-state index contributed by atoms with van der Waals surface area (Å²) in [5.74, 6) is 2.11. The fourth-order valence-electron chi connectivity index (χ4n) is 2.49. The molecule has 0 spiro atoms. The maximum atomic E-state index is 12.8. The van der Waals surface area contributed by atoms with Crippen molar-refractivity contribution in [1.29, 1.82) is 0 Å². The van der Waals surface area contributed by atoms with E-state index in [1.54, 1.807) is 0 Å². The number of nitrogens with one attached hydrogen (secondary N) is 1. The third-order valence-electron chi connectivity index (χ3n) is 3.64. The van der Waals surface area contributed by atoms with Crippen LogP contribution in [0.1, 0.15) is 5.56 Å². The molecule has 0 aliphatic carbocycles. The normalized spacial score (nSPS) is 13.2. The highest BCUT2D eigenvalue weighted by Crippen LogP contribution is 2.34. The summed E-state index contributed by atoms with van der Waals surface area (Å²) in [6.45, 7) is 13.2.